The number of non-ortho nitro benzene ring substituents is 1. The maximum atomic E-state index is 11.6. The van der Waals surface area contributed by atoms with E-state index in [1.54, 1.807) is 18.3 Å². The summed E-state index contributed by atoms with van der Waals surface area (Å²) in [6.07, 6.45) is 1.65. The van der Waals surface area contributed by atoms with E-state index in [0.717, 1.165) is 0 Å². The number of fused-ring (bicyclic) bond motifs is 5. The van der Waals surface area contributed by atoms with Gasteiger partial charge in [0.05, 0.1) is 29.5 Å². The van der Waals surface area contributed by atoms with Gasteiger partial charge in [0.1, 0.15) is 5.82 Å². The van der Waals surface area contributed by atoms with Crippen LogP contribution >= 0.6 is 0 Å². The molecule has 0 spiro atoms. The summed E-state index contributed by atoms with van der Waals surface area (Å²) in [6.45, 7) is 1.23. The molecule has 1 atom stereocenters. The third-order valence-electron chi connectivity index (χ3n) is 5.14. The molecule has 0 saturated carbocycles. The van der Waals surface area contributed by atoms with Crippen LogP contribution in [0.1, 0.15) is 27.7 Å². The summed E-state index contributed by atoms with van der Waals surface area (Å²) in [5, 5.41) is 15.7. The highest BCUT2D eigenvalue weighted by Crippen LogP contribution is 2.45. The van der Waals surface area contributed by atoms with E-state index in [0.29, 0.717) is 42.5 Å². The van der Waals surface area contributed by atoms with Gasteiger partial charge in [-0.15, -0.1) is 5.10 Å². The number of carbonyl (C=O) groups is 1. The molecule has 2 aromatic heterocycles. The van der Waals surface area contributed by atoms with Crippen LogP contribution in [-0.4, -0.2) is 48.6 Å². The summed E-state index contributed by atoms with van der Waals surface area (Å²) < 4.78 is 7.72. The van der Waals surface area contributed by atoms with E-state index < -0.39 is 16.6 Å². The Labute approximate surface area is 163 Å². The highest BCUT2D eigenvalue weighted by molar-refractivity contribution is 5.88. The minimum atomic E-state index is -1.14. The summed E-state index contributed by atoms with van der Waals surface area (Å²) in [7, 11) is 0. The number of nitro groups is 1. The average Bonchev–Trinajstić information content (AvgIpc) is 3.32. The van der Waals surface area contributed by atoms with Crippen LogP contribution in [0, 0.1) is 10.1 Å². The van der Waals surface area contributed by atoms with Crippen molar-refractivity contribution in [3.8, 4) is 5.69 Å². The monoisotopic (exact) mass is 393 g/mol. The maximum Gasteiger partial charge on any atom is 0.288 e. The minimum absolute atomic E-state index is 0.0896. The number of ether oxygens (including phenoxy) is 1. The fourth-order valence-electron chi connectivity index (χ4n) is 3.94. The third kappa shape index (κ3) is 2.45. The molecule has 5 rings (SSSR count). The number of nitrogens with zero attached hydrogens (tertiary/aromatic N) is 6. The van der Waals surface area contributed by atoms with Crippen LogP contribution in [0.15, 0.2) is 42.6 Å². The second-order valence-electron chi connectivity index (χ2n) is 6.72. The van der Waals surface area contributed by atoms with Crippen LogP contribution < -0.4 is 5.73 Å². The molecule has 2 aliphatic rings. The molecule has 0 bridgehead atoms. The second-order valence-corrected chi connectivity index (χ2v) is 6.72. The molecular weight excluding hydrogens is 378 g/mol. The van der Waals surface area contributed by atoms with E-state index in [-0.39, 0.29) is 11.5 Å². The Hall–Kier alpha value is -3.70. The summed E-state index contributed by atoms with van der Waals surface area (Å²) in [5.74, 6) is -0.380. The lowest BCUT2D eigenvalue weighted by atomic mass is 9.95. The van der Waals surface area contributed by atoms with Gasteiger partial charge in [-0.05, 0) is 18.2 Å². The molecule has 2 aliphatic heterocycles. The fraction of sp³-hybridized carbons (Fsp3) is 0.222. The van der Waals surface area contributed by atoms with Crippen LogP contribution in [0.2, 0.25) is 0 Å². The molecule has 0 radical (unpaired) electrons. The van der Waals surface area contributed by atoms with Crippen molar-refractivity contribution < 1.29 is 14.5 Å². The van der Waals surface area contributed by atoms with E-state index in [1.807, 2.05) is 17.0 Å². The predicted octanol–water partition coefficient (Wildman–Crippen LogP) is 0.716. The van der Waals surface area contributed by atoms with Gasteiger partial charge in [0.2, 0.25) is 5.82 Å². The average molecular weight is 393 g/mol. The number of primary amides is 1. The Morgan fingerprint density at radius 2 is 2.17 bits per heavy atom. The normalized spacial score (nSPS) is 20.4. The van der Waals surface area contributed by atoms with Gasteiger partial charge in [-0.25, -0.2) is 9.67 Å². The third-order valence-corrected chi connectivity index (χ3v) is 5.14. The molecule has 1 fully saturated rings. The van der Waals surface area contributed by atoms with Crippen molar-refractivity contribution in [2.75, 3.05) is 13.2 Å². The van der Waals surface area contributed by atoms with Gasteiger partial charge in [0.15, 0.2) is 5.72 Å². The van der Waals surface area contributed by atoms with Crippen LogP contribution in [0.5, 0.6) is 0 Å². The van der Waals surface area contributed by atoms with Crippen LogP contribution in [0.3, 0.4) is 0 Å². The first-order valence-corrected chi connectivity index (χ1v) is 8.86. The Morgan fingerprint density at radius 1 is 1.31 bits per heavy atom. The van der Waals surface area contributed by atoms with Gasteiger partial charge < -0.3 is 10.5 Å². The number of nitro benzene ring substituents is 1. The Bertz CT molecular complexity index is 1150. The molecule has 11 nitrogen and oxygen atoms in total. The van der Waals surface area contributed by atoms with Gasteiger partial charge >= 0.3 is 0 Å². The lowest BCUT2D eigenvalue weighted by Crippen LogP contribution is -2.43. The van der Waals surface area contributed by atoms with E-state index in [4.69, 9.17) is 10.5 Å². The Morgan fingerprint density at radius 3 is 2.90 bits per heavy atom. The van der Waals surface area contributed by atoms with Crippen molar-refractivity contribution in [1.29, 1.82) is 0 Å². The molecule has 1 aromatic carbocycles. The standard InChI is InChI=1S/C18H15N7O4/c19-16(26)17-21-15-10-23-7-8-29-18(23,14-3-1-2-6-20-14)12-9-11(25(27)28)4-5-13(12)24(15)22-17/h1-6,9H,7-8,10H2,(H2,19,26). The molecule has 1 amide bonds. The summed E-state index contributed by atoms with van der Waals surface area (Å²) in [5.41, 5.74) is 5.74. The topological polar surface area (TPSA) is 142 Å². The molecule has 146 valence electrons. The number of hydrogen-bond acceptors (Lipinski definition) is 8. The zero-order valence-electron chi connectivity index (χ0n) is 15.1. The van der Waals surface area contributed by atoms with Gasteiger partial charge in [-0.2, -0.15) is 0 Å². The van der Waals surface area contributed by atoms with Crippen molar-refractivity contribution in [2.24, 2.45) is 5.73 Å². The molecule has 1 unspecified atom stereocenters. The number of rotatable bonds is 3. The van der Waals surface area contributed by atoms with Crippen LogP contribution in [0.25, 0.3) is 5.69 Å². The zero-order chi connectivity index (χ0) is 20.2. The van der Waals surface area contributed by atoms with Crippen molar-refractivity contribution in [2.45, 2.75) is 12.3 Å². The van der Waals surface area contributed by atoms with Crippen molar-refractivity contribution in [3.63, 3.8) is 0 Å². The molecule has 2 N–H and O–H groups in total. The first kappa shape index (κ1) is 17.4. The molecule has 1 saturated heterocycles. The summed E-state index contributed by atoms with van der Waals surface area (Å²) >= 11 is 0. The number of benzene rings is 1. The van der Waals surface area contributed by atoms with E-state index in [1.165, 1.54) is 16.8 Å². The molecular formula is C18H15N7O4. The Kier molecular flexibility index (Phi) is 3.69. The number of amides is 1. The van der Waals surface area contributed by atoms with E-state index in [9.17, 15) is 14.9 Å². The van der Waals surface area contributed by atoms with Gasteiger partial charge in [0, 0.05) is 30.4 Å². The van der Waals surface area contributed by atoms with E-state index >= 15 is 0 Å². The maximum absolute atomic E-state index is 11.6. The van der Waals surface area contributed by atoms with Gasteiger partial charge in [0.25, 0.3) is 11.6 Å². The highest BCUT2D eigenvalue weighted by atomic mass is 16.6. The van der Waals surface area contributed by atoms with Crippen molar-refractivity contribution in [3.05, 3.63) is 75.6 Å². The number of pyridine rings is 1. The van der Waals surface area contributed by atoms with Crippen molar-refractivity contribution >= 4 is 11.6 Å². The number of nitrogens with two attached hydrogens (primary N) is 1. The molecule has 4 heterocycles. The van der Waals surface area contributed by atoms with Crippen LogP contribution in [-0.2, 0) is 17.0 Å². The quantitative estimate of drug-likeness (QED) is 0.506. The molecule has 29 heavy (non-hydrogen) atoms. The van der Waals surface area contributed by atoms with Gasteiger partial charge in [-0.1, -0.05) is 6.07 Å². The first-order valence-electron chi connectivity index (χ1n) is 8.86. The zero-order valence-corrected chi connectivity index (χ0v) is 15.1. The Balaban J connectivity index is 1.84. The number of hydrogen-bond donors (Lipinski definition) is 1. The molecule has 3 aromatic rings. The summed E-state index contributed by atoms with van der Waals surface area (Å²) in [6, 6.07) is 9.86. The highest BCUT2D eigenvalue weighted by Gasteiger charge is 2.51. The number of carbonyl (C=O) groups excluding carboxylic acids is 1. The largest absolute Gasteiger partial charge is 0.363 e. The van der Waals surface area contributed by atoms with Crippen LogP contribution in [0.4, 0.5) is 5.69 Å². The predicted molar refractivity (Wildman–Crippen MR) is 97.9 cm³/mol. The SMILES string of the molecule is NC(=O)c1nc2n(n1)-c1ccc([N+](=O)[O-])cc1C1(c3ccccn3)OCCN1C2. The fourth-order valence-corrected chi connectivity index (χ4v) is 3.94. The molecule has 0 aliphatic carbocycles. The number of aromatic nitrogens is 4. The second kappa shape index (κ2) is 6.15. The lowest BCUT2D eigenvalue weighted by Gasteiger charge is -2.35. The first-order chi connectivity index (χ1) is 14.0. The molecule has 11 heteroatoms. The van der Waals surface area contributed by atoms with Crippen molar-refractivity contribution in [1.82, 2.24) is 24.6 Å². The minimum Gasteiger partial charge on any atom is -0.363 e. The van der Waals surface area contributed by atoms with E-state index in [2.05, 4.69) is 15.1 Å². The van der Waals surface area contributed by atoms with Gasteiger partial charge in [-0.3, -0.25) is 24.8 Å². The lowest BCUT2D eigenvalue weighted by molar-refractivity contribution is -0.385. The smallest absolute Gasteiger partial charge is 0.288 e. The summed E-state index contributed by atoms with van der Waals surface area (Å²) in [4.78, 5) is 33.4.